The van der Waals surface area contributed by atoms with Crippen LogP contribution in [-0.4, -0.2) is 18.0 Å². The number of para-hydroxylation sites is 1. The lowest BCUT2D eigenvalue weighted by Crippen LogP contribution is -2.22. The van der Waals surface area contributed by atoms with Crippen molar-refractivity contribution in [2.24, 2.45) is 0 Å². The highest BCUT2D eigenvalue weighted by molar-refractivity contribution is 7.92. The minimum Gasteiger partial charge on any atom is -0.280 e. The van der Waals surface area contributed by atoms with Crippen LogP contribution in [0.25, 0.3) is 16.6 Å². The monoisotopic (exact) mass is 459 g/mol. The first kappa shape index (κ1) is 20.4. The van der Waals surface area contributed by atoms with Crippen LogP contribution in [0.5, 0.6) is 0 Å². The maximum Gasteiger partial charge on any atom is 0.265 e. The van der Waals surface area contributed by atoms with Gasteiger partial charge in [-0.2, -0.15) is 0 Å². The van der Waals surface area contributed by atoms with Crippen molar-refractivity contribution in [3.05, 3.63) is 93.0 Å². The number of aromatic nitrogens is 2. The molecule has 9 heteroatoms. The van der Waals surface area contributed by atoms with Gasteiger partial charge in [0.2, 0.25) is 0 Å². The fourth-order valence-electron chi connectivity index (χ4n) is 3.08. The van der Waals surface area contributed by atoms with E-state index in [1.54, 1.807) is 49.4 Å². The van der Waals surface area contributed by atoms with E-state index in [0.29, 0.717) is 28.1 Å². The van der Waals surface area contributed by atoms with E-state index >= 15 is 0 Å². The molecule has 3 aromatic carbocycles. The van der Waals surface area contributed by atoms with Gasteiger partial charge < -0.3 is 0 Å². The van der Waals surface area contributed by atoms with Gasteiger partial charge in [0.15, 0.2) is 0 Å². The van der Waals surface area contributed by atoms with E-state index in [0.717, 1.165) is 0 Å². The molecule has 0 saturated carbocycles. The Bertz CT molecular complexity index is 1430. The van der Waals surface area contributed by atoms with Gasteiger partial charge >= 0.3 is 0 Å². The standard InChI is InChI=1S/C21H15Cl2N3O3S/c1-13-24-20-5-3-2-4-17(20)21(27)26(13)15-8-6-14(7-9-15)25-30(28,29)16-10-11-18(22)19(23)12-16/h2-12,25H,1H3. The predicted octanol–water partition coefficient (Wildman–Crippen LogP) is 4.80. The van der Waals surface area contributed by atoms with E-state index in [4.69, 9.17) is 23.2 Å². The third kappa shape index (κ3) is 3.79. The predicted molar refractivity (Wildman–Crippen MR) is 119 cm³/mol. The lowest BCUT2D eigenvalue weighted by atomic mass is 10.2. The van der Waals surface area contributed by atoms with Crippen molar-refractivity contribution < 1.29 is 8.42 Å². The molecule has 1 aromatic heterocycles. The largest absolute Gasteiger partial charge is 0.280 e. The molecule has 0 aliphatic carbocycles. The van der Waals surface area contributed by atoms with Gasteiger partial charge in [0.25, 0.3) is 15.6 Å². The molecule has 0 unspecified atom stereocenters. The zero-order valence-corrected chi connectivity index (χ0v) is 18.0. The average Bonchev–Trinajstić information content (AvgIpc) is 2.71. The number of rotatable bonds is 4. The van der Waals surface area contributed by atoms with E-state index in [2.05, 4.69) is 9.71 Å². The highest BCUT2D eigenvalue weighted by Gasteiger charge is 2.16. The molecule has 0 aliphatic rings. The molecule has 30 heavy (non-hydrogen) atoms. The number of hydrogen-bond acceptors (Lipinski definition) is 4. The van der Waals surface area contributed by atoms with Gasteiger partial charge in [-0.3, -0.25) is 14.1 Å². The number of hydrogen-bond donors (Lipinski definition) is 1. The van der Waals surface area contributed by atoms with Crippen LogP contribution < -0.4 is 10.3 Å². The second kappa shape index (κ2) is 7.75. The number of halogens is 2. The summed E-state index contributed by atoms with van der Waals surface area (Å²) in [7, 11) is -3.85. The first-order valence-corrected chi connectivity index (χ1v) is 11.1. The second-order valence-corrected chi connectivity index (χ2v) is 9.04. The first-order valence-electron chi connectivity index (χ1n) is 8.83. The summed E-state index contributed by atoms with van der Waals surface area (Å²) in [6.07, 6.45) is 0. The van der Waals surface area contributed by atoms with Crippen molar-refractivity contribution in [3.63, 3.8) is 0 Å². The molecule has 0 radical (unpaired) electrons. The van der Waals surface area contributed by atoms with Gasteiger partial charge in [-0.15, -0.1) is 0 Å². The lowest BCUT2D eigenvalue weighted by molar-refractivity contribution is 0.601. The Kier molecular flexibility index (Phi) is 5.27. The van der Waals surface area contributed by atoms with E-state index in [-0.39, 0.29) is 20.5 Å². The number of nitrogens with zero attached hydrogens (tertiary/aromatic N) is 2. The molecule has 6 nitrogen and oxygen atoms in total. The normalized spacial score (nSPS) is 11.6. The molecule has 0 atom stereocenters. The van der Waals surface area contributed by atoms with Crippen LogP contribution in [0, 0.1) is 6.92 Å². The molecule has 0 aliphatic heterocycles. The van der Waals surface area contributed by atoms with E-state index in [1.165, 1.54) is 22.8 Å². The van der Waals surface area contributed by atoms with Crippen molar-refractivity contribution in [1.82, 2.24) is 9.55 Å². The van der Waals surface area contributed by atoms with Gasteiger partial charge in [0, 0.05) is 5.69 Å². The summed E-state index contributed by atoms with van der Waals surface area (Å²) in [6.45, 7) is 1.74. The van der Waals surface area contributed by atoms with E-state index in [1.807, 2.05) is 6.07 Å². The molecular formula is C21H15Cl2N3O3S. The zero-order valence-electron chi connectivity index (χ0n) is 15.6. The fourth-order valence-corrected chi connectivity index (χ4v) is 4.53. The fraction of sp³-hybridized carbons (Fsp3) is 0.0476. The van der Waals surface area contributed by atoms with Gasteiger partial charge in [-0.25, -0.2) is 13.4 Å². The second-order valence-electron chi connectivity index (χ2n) is 6.55. The molecule has 0 bridgehead atoms. The number of anilines is 1. The Morgan fingerprint density at radius 2 is 1.63 bits per heavy atom. The number of sulfonamides is 1. The quantitative estimate of drug-likeness (QED) is 0.474. The molecule has 4 rings (SSSR count). The number of aryl methyl sites for hydroxylation is 1. The van der Waals surface area contributed by atoms with E-state index < -0.39 is 10.0 Å². The molecular weight excluding hydrogens is 445 g/mol. The summed E-state index contributed by atoms with van der Waals surface area (Å²) in [5, 5.41) is 0.922. The molecule has 4 aromatic rings. The maximum atomic E-state index is 12.9. The highest BCUT2D eigenvalue weighted by Crippen LogP contribution is 2.26. The molecule has 152 valence electrons. The summed E-state index contributed by atoms with van der Waals surface area (Å²) in [5.41, 5.74) is 1.35. The molecule has 0 spiro atoms. The van der Waals surface area contributed by atoms with Gasteiger partial charge in [0.1, 0.15) is 5.82 Å². The molecule has 0 amide bonds. The number of benzene rings is 3. The Hall–Kier alpha value is -2.87. The smallest absolute Gasteiger partial charge is 0.265 e. The maximum absolute atomic E-state index is 12.9. The van der Waals surface area contributed by atoms with Gasteiger partial charge in [-0.05, 0) is 61.5 Å². The van der Waals surface area contributed by atoms with Crippen LogP contribution in [0.1, 0.15) is 5.82 Å². The summed E-state index contributed by atoms with van der Waals surface area (Å²) >= 11 is 11.8. The number of nitrogens with one attached hydrogen (secondary N) is 1. The summed E-state index contributed by atoms with van der Waals surface area (Å²) in [6, 6.07) is 17.6. The lowest BCUT2D eigenvalue weighted by Gasteiger charge is -2.12. The molecule has 0 fully saturated rings. The van der Waals surface area contributed by atoms with Crippen molar-refractivity contribution in [3.8, 4) is 5.69 Å². The van der Waals surface area contributed by atoms with Crippen LogP contribution in [0.4, 0.5) is 5.69 Å². The third-order valence-corrected chi connectivity index (χ3v) is 6.64. The minimum atomic E-state index is -3.85. The molecule has 1 N–H and O–H groups in total. The van der Waals surface area contributed by atoms with Crippen molar-refractivity contribution >= 4 is 49.8 Å². The average molecular weight is 460 g/mol. The Balaban J connectivity index is 1.68. The Morgan fingerprint density at radius 3 is 2.33 bits per heavy atom. The summed E-state index contributed by atoms with van der Waals surface area (Å²) in [4.78, 5) is 17.4. The Labute approximate surface area is 182 Å². The van der Waals surface area contributed by atoms with Crippen LogP contribution in [0.3, 0.4) is 0 Å². The Morgan fingerprint density at radius 1 is 0.933 bits per heavy atom. The van der Waals surface area contributed by atoms with Crippen LogP contribution in [0.2, 0.25) is 10.0 Å². The highest BCUT2D eigenvalue weighted by atomic mass is 35.5. The van der Waals surface area contributed by atoms with Crippen LogP contribution in [0.15, 0.2) is 76.4 Å². The van der Waals surface area contributed by atoms with Crippen molar-refractivity contribution in [2.45, 2.75) is 11.8 Å². The first-order chi connectivity index (χ1) is 14.3. The van der Waals surface area contributed by atoms with E-state index in [9.17, 15) is 13.2 Å². The van der Waals surface area contributed by atoms with Crippen LogP contribution in [-0.2, 0) is 10.0 Å². The van der Waals surface area contributed by atoms with Gasteiger partial charge in [0.05, 0.1) is 31.5 Å². The number of fused-ring (bicyclic) bond motifs is 1. The zero-order chi connectivity index (χ0) is 21.5. The minimum absolute atomic E-state index is 0.00762. The van der Waals surface area contributed by atoms with Gasteiger partial charge in [-0.1, -0.05) is 35.3 Å². The third-order valence-electron chi connectivity index (χ3n) is 4.52. The molecule has 0 saturated heterocycles. The van der Waals surface area contributed by atoms with Crippen LogP contribution >= 0.6 is 23.2 Å². The summed E-state index contributed by atoms with van der Waals surface area (Å²) in [5.74, 6) is 0.530. The molecule has 1 heterocycles. The topological polar surface area (TPSA) is 81.1 Å². The summed E-state index contributed by atoms with van der Waals surface area (Å²) < 4.78 is 29.2. The van der Waals surface area contributed by atoms with Crippen molar-refractivity contribution in [1.29, 1.82) is 0 Å². The SMILES string of the molecule is Cc1nc2ccccc2c(=O)n1-c1ccc(NS(=O)(=O)c2ccc(Cl)c(Cl)c2)cc1. The van der Waals surface area contributed by atoms with Crippen molar-refractivity contribution in [2.75, 3.05) is 4.72 Å².